The minimum atomic E-state index is -0.405. The summed E-state index contributed by atoms with van der Waals surface area (Å²) in [6, 6.07) is -0.102. The topological polar surface area (TPSA) is 69.1 Å². The maximum atomic E-state index is 11.3. The van der Waals surface area contributed by atoms with Crippen LogP contribution in [0.5, 0.6) is 0 Å². The minimum absolute atomic E-state index is 0.102. The molecule has 0 aromatic heterocycles. The first-order chi connectivity index (χ1) is 5.59. The van der Waals surface area contributed by atoms with Gasteiger partial charge in [-0.25, -0.2) is 0 Å². The van der Waals surface area contributed by atoms with E-state index >= 15 is 0 Å². The summed E-state index contributed by atoms with van der Waals surface area (Å²) >= 11 is 0. The van der Waals surface area contributed by atoms with E-state index < -0.39 is 5.41 Å². The zero-order valence-corrected chi connectivity index (χ0v) is 7.68. The van der Waals surface area contributed by atoms with Gasteiger partial charge in [0.05, 0.1) is 5.41 Å². The lowest BCUT2D eigenvalue weighted by Gasteiger charge is -2.37. The lowest BCUT2D eigenvalue weighted by molar-refractivity contribution is -0.130. The highest BCUT2D eigenvalue weighted by molar-refractivity contribution is 5.81. The SMILES string of the molecule is CC(N)C1(C(N)=O)CCCCC1. The molecule has 1 atom stereocenters. The third-order valence-electron chi connectivity index (χ3n) is 3.11. The van der Waals surface area contributed by atoms with E-state index in [0.717, 1.165) is 25.7 Å². The van der Waals surface area contributed by atoms with Gasteiger partial charge in [-0.1, -0.05) is 19.3 Å². The molecule has 70 valence electrons. The number of hydrogen-bond acceptors (Lipinski definition) is 2. The standard InChI is InChI=1S/C9H18N2O/c1-7(10)9(8(11)12)5-3-2-4-6-9/h7H,2-6,10H2,1H3,(H2,11,12). The van der Waals surface area contributed by atoms with Crippen molar-refractivity contribution in [2.75, 3.05) is 0 Å². The molecule has 4 N–H and O–H groups in total. The van der Waals surface area contributed by atoms with Gasteiger partial charge in [0.25, 0.3) is 0 Å². The van der Waals surface area contributed by atoms with E-state index in [1.807, 2.05) is 6.92 Å². The predicted octanol–water partition coefficient (Wildman–Crippen LogP) is 0.769. The van der Waals surface area contributed by atoms with Gasteiger partial charge < -0.3 is 11.5 Å². The maximum absolute atomic E-state index is 11.3. The first-order valence-electron chi connectivity index (χ1n) is 4.65. The largest absolute Gasteiger partial charge is 0.369 e. The van der Waals surface area contributed by atoms with Gasteiger partial charge in [0.2, 0.25) is 5.91 Å². The van der Waals surface area contributed by atoms with Crippen molar-refractivity contribution in [3.05, 3.63) is 0 Å². The second-order valence-corrected chi connectivity index (χ2v) is 3.87. The van der Waals surface area contributed by atoms with Gasteiger partial charge in [-0.15, -0.1) is 0 Å². The van der Waals surface area contributed by atoms with Crippen LogP contribution in [0.4, 0.5) is 0 Å². The van der Waals surface area contributed by atoms with Gasteiger partial charge >= 0.3 is 0 Å². The van der Waals surface area contributed by atoms with Crippen LogP contribution in [-0.2, 0) is 4.79 Å². The fourth-order valence-electron chi connectivity index (χ4n) is 2.11. The lowest BCUT2D eigenvalue weighted by atomic mass is 9.69. The van der Waals surface area contributed by atoms with Crippen LogP contribution in [-0.4, -0.2) is 11.9 Å². The molecule has 0 spiro atoms. The summed E-state index contributed by atoms with van der Waals surface area (Å²) in [5.41, 5.74) is 10.8. The van der Waals surface area contributed by atoms with Crippen LogP contribution in [0.15, 0.2) is 0 Å². The van der Waals surface area contributed by atoms with Crippen LogP contribution >= 0.6 is 0 Å². The molecule has 0 heterocycles. The quantitative estimate of drug-likeness (QED) is 0.642. The van der Waals surface area contributed by atoms with Gasteiger partial charge in [-0.2, -0.15) is 0 Å². The molecule has 1 aliphatic rings. The molecule has 0 radical (unpaired) electrons. The van der Waals surface area contributed by atoms with E-state index in [4.69, 9.17) is 11.5 Å². The molecule has 12 heavy (non-hydrogen) atoms. The Hall–Kier alpha value is -0.570. The zero-order chi connectivity index (χ0) is 9.19. The number of amides is 1. The second-order valence-electron chi connectivity index (χ2n) is 3.87. The van der Waals surface area contributed by atoms with Crippen LogP contribution < -0.4 is 11.5 Å². The molecule has 1 amide bonds. The van der Waals surface area contributed by atoms with E-state index in [1.54, 1.807) is 0 Å². The Balaban J connectivity index is 2.77. The summed E-state index contributed by atoms with van der Waals surface area (Å²) in [7, 11) is 0. The molecule has 1 aliphatic carbocycles. The summed E-state index contributed by atoms with van der Waals surface area (Å²) in [5.74, 6) is -0.211. The van der Waals surface area contributed by atoms with Crippen molar-refractivity contribution >= 4 is 5.91 Å². The lowest BCUT2D eigenvalue weighted by Crippen LogP contribution is -2.50. The van der Waals surface area contributed by atoms with E-state index in [0.29, 0.717) is 0 Å². The van der Waals surface area contributed by atoms with E-state index in [1.165, 1.54) is 6.42 Å². The fraction of sp³-hybridized carbons (Fsp3) is 0.889. The number of primary amides is 1. The Labute approximate surface area is 73.5 Å². The van der Waals surface area contributed by atoms with Crippen molar-refractivity contribution < 1.29 is 4.79 Å². The molecule has 1 unspecified atom stereocenters. The summed E-state index contributed by atoms with van der Waals surface area (Å²) in [5, 5.41) is 0. The third kappa shape index (κ3) is 1.46. The molecule has 1 rings (SSSR count). The van der Waals surface area contributed by atoms with Crippen molar-refractivity contribution in [1.82, 2.24) is 0 Å². The smallest absolute Gasteiger partial charge is 0.225 e. The summed E-state index contributed by atoms with van der Waals surface area (Å²) in [6.07, 6.45) is 5.14. The van der Waals surface area contributed by atoms with Crippen molar-refractivity contribution in [3.63, 3.8) is 0 Å². The molecule has 0 aliphatic heterocycles. The molecular formula is C9H18N2O. The van der Waals surface area contributed by atoms with Crippen molar-refractivity contribution in [2.45, 2.75) is 45.1 Å². The average molecular weight is 170 g/mol. The average Bonchev–Trinajstić information content (AvgIpc) is 2.05. The molecule has 1 saturated carbocycles. The van der Waals surface area contributed by atoms with Crippen LogP contribution in [0.25, 0.3) is 0 Å². The van der Waals surface area contributed by atoms with Crippen molar-refractivity contribution in [2.24, 2.45) is 16.9 Å². The highest BCUT2D eigenvalue weighted by Crippen LogP contribution is 2.38. The minimum Gasteiger partial charge on any atom is -0.369 e. The predicted molar refractivity (Wildman–Crippen MR) is 48.4 cm³/mol. The van der Waals surface area contributed by atoms with Gasteiger partial charge in [-0.3, -0.25) is 4.79 Å². The maximum Gasteiger partial charge on any atom is 0.225 e. The van der Waals surface area contributed by atoms with E-state index in [9.17, 15) is 4.79 Å². The third-order valence-corrected chi connectivity index (χ3v) is 3.11. The van der Waals surface area contributed by atoms with Gasteiger partial charge in [0.15, 0.2) is 0 Å². The highest BCUT2D eigenvalue weighted by Gasteiger charge is 2.40. The number of carbonyl (C=O) groups excluding carboxylic acids is 1. The Morgan fingerprint density at radius 2 is 1.83 bits per heavy atom. The van der Waals surface area contributed by atoms with Crippen LogP contribution in [0, 0.1) is 5.41 Å². The Morgan fingerprint density at radius 3 is 2.08 bits per heavy atom. The first-order valence-corrected chi connectivity index (χ1v) is 4.65. The molecule has 0 aromatic carbocycles. The van der Waals surface area contributed by atoms with Crippen LogP contribution in [0.1, 0.15) is 39.0 Å². The molecular weight excluding hydrogens is 152 g/mol. The van der Waals surface area contributed by atoms with E-state index in [2.05, 4.69) is 0 Å². The monoisotopic (exact) mass is 170 g/mol. The first kappa shape index (κ1) is 9.52. The highest BCUT2D eigenvalue weighted by atomic mass is 16.1. The van der Waals surface area contributed by atoms with Gasteiger partial charge in [-0.05, 0) is 19.8 Å². The van der Waals surface area contributed by atoms with Crippen LogP contribution in [0.2, 0.25) is 0 Å². The Kier molecular flexibility index (Phi) is 2.73. The van der Waals surface area contributed by atoms with Gasteiger partial charge in [0, 0.05) is 6.04 Å². The Bertz CT molecular complexity index is 171. The molecule has 1 fully saturated rings. The molecule has 0 aromatic rings. The van der Waals surface area contributed by atoms with Crippen LogP contribution in [0.3, 0.4) is 0 Å². The molecule has 3 heteroatoms. The number of carbonyl (C=O) groups is 1. The van der Waals surface area contributed by atoms with Crippen molar-refractivity contribution in [1.29, 1.82) is 0 Å². The van der Waals surface area contributed by atoms with Gasteiger partial charge in [0.1, 0.15) is 0 Å². The molecule has 0 bridgehead atoms. The molecule has 3 nitrogen and oxygen atoms in total. The Morgan fingerprint density at radius 1 is 1.33 bits per heavy atom. The summed E-state index contributed by atoms with van der Waals surface area (Å²) in [6.45, 7) is 1.88. The zero-order valence-electron chi connectivity index (χ0n) is 7.68. The number of rotatable bonds is 2. The number of hydrogen-bond donors (Lipinski definition) is 2. The second kappa shape index (κ2) is 3.44. The number of nitrogens with two attached hydrogens (primary N) is 2. The molecule has 0 saturated heterocycles. The summed E-state index contributed by atoms with van der Waals surface area (Å²) < 4.78 is 0. The normalized spacial score (nSPS) is 24.8. The summed E-state index contributed by atoms with van der Waals surface area (Å²) in [4.78, 5) is 11.3. The van der Waals surface area contributed by atoms with Crippen molar-refractivity contribution in [3.8, 4) is 0 Å². The fourth-order valence-corrected chi connectivity index (χ4v) is 2.11. The van der Waals surface area contributed by atoms with E-state index in [-0.39, 0.29) is 11.9 Å².